The molecular weight excluding hydrogens is 587 g/mol. The van der Waals surface area contributed by atoms with E-state index in [-0.39, 0.29) is 22.6 Å². The number of nitrogens with one attached hydrogen (secondary N) is 2. The first-order valence-corrected chi connectivity index (χ1v) is 15.1. The van der Waals surface area contributed by atoms with Gasteiger partial charge in [0.15, 0.2) is 0 Å². The van der Waals surface area contributed by atoms with Crippen molar-refractivity contribution in [3.63, 3.8) is 0 Å². The minimum absolute atomic E-state index is 0.177. The third-order valence-electron chi connectivity index (χ3n) is 8.27. The average molecular weight is 622 g/mol. The Hall–Kier alpha value is -4.38. The van der Waals surface area contributed by atoms with E-state index >= 15 is 0 Å². The number of rotatable bonds is 8. The molecule has 0 radical (unpaired) electrons. The second kappa shape index (κ2) is 12.7. The van der Waals surface area contributed by atoms with Gasteiger partial charge >= 0.3 is 0 Å². The molecule has 0 aliphatic heterocycles. The van der Waals surface area contributed by atoms with Crippen LogP contribution in [0, 0.1) is 0 Å². The zero-order valence-corrected chi connectivity index (χ0v) is 26.6. The Morgan fingerprint density at radius 3 is 0.955 bits per heavy atom. The summed E-state index contributed by atoms with van der Waals surface area (Å²) in [4.78, 5) is 25.2. The molecule has 0 aromatic heterocycles. The minimum Gasteiger partial charge on any atom is -0.322 e. The molecule has 0 fully saturated rings. The molecule has 0 heterocycles. The van der Waals surface area contributed by atoms with E-state index in [1.807, 2.05) is 24.3 Å². The van der Waals surface area contributed by atoms with Crippen LogP contribution < -0.4 is 10.6 Å². The van der Waals surface area contributed by atoms with E-state index in [0.29, 0.717) is 21.2 Å². The van der Waals surface area contributed by atoms with Crippen molar-refractivity contribution in [3.05, 3.63) is 165 Å². The van der Waals surface area contributed by atoms with Gasteiger partial charge in [-0.1, -0.05) is 99.4 Å². The first-order valence-electron chi connectivity index (χ1n) is 14.4. The maximum atomic E-state index is 12.6. The summed E-state index contributed by atoms with van der Waals surface area (Å²) >= 11 is 11.9. The standard InChI is InChI=1S/C38H34Cl2N2O2/c1-37(2,29-13-21-33(22-14-29)41-35(43)25-5-17-31(39)18-6-25)27-9-11-28(12-10-27)38(3,4)30-15-23-34(24-16-30)42-36(44)26-7-19-32(40)20-8-26/h5-24H,1-4H3,(H,41,43)(H,42,44). The first kappa shape index (κ1) is 31.1. The van der Waals surface area contributed by atoms with Crippen LogP contribution in [-0.2, 0) is 10.8 Å². The van der Waals surface area contributed by atoms with Gasteiger partial charge in [-0.3, -0.25) is 9.59 Å². The quantitative estimate of drug-likeness (QED) is 0.181. The third kappa shape index (κ3) is 6.88. The molecule has 5 aromatic rings. The molecule has 44 heavy (non-hydrogen) atoms. The van der Waals surface area contributed by atoms with Crippen molar-refractivity contribution in [2.24, 2.45) is 0 Å². The van der Waals surface area contributed by atoms with Gasteiger partial charge in [-0.05, 0) is 95.1 Å². The van der Waals surface area contributed by atoms with Gasteiger partial charge in [0.05, 0.1) is 0 Å². The monoisotopic (exact) mass is 620 g/mol. The number of hydrogen-bond acceptors (Lipinski definition) is 2. The number of halogens is 2. The Morgan fingerprint density at radius 2 is 0.682 bits per heavy atom. The van der Waals surface area contributed by atoms with Gasteiger partial charge in [-0.2, -0.15) is 0 Å². The third-order valence-corrected chi connectivity index (χ3v) is 8.77. The van der Waals surface area contributed by atoms with Crippen molar-refractivity contribution in [2.45, 2.75) is 38.5 Å². The fraction of sp³-hybridized carbons (Fsp3) is 0.158. The molecular formula is C38H34Cl2N2O2. The van der Waals surface area contributed by atoms with Crippen molar-refractivity contribution in [1.29, 1.82) is 0 Å². The lowest BCUT2D eigenvalue weighted by molar-refractivity contribution is 0.101. The molecule has 0 saturated carbocycles. The molecule has 222 valence electrons. The summed E-state index contributed by atoms with van der Waals surface area (Å²) in [6, 6.07) is 38.4. The van der Waals surface area contributed by atoms with E-state index in [1.165, 1.54) is 11.1 Å². The summed E-state index contributed by atoms with van der Waals surface area (Å²) in [7, 11) is 0. The van der Waals surface area contributed by atoms with Gasteiger partial charge in [0, 0.05) is 43.4 Å². The second-order valence-corrected chi connectivity index (χ2v) is 12.8. The smallest absolute Gasteiger partial charge is 0.255 e. The van der Waals surface area contributed by atoms with Crippen molar-refractivity contribution >= 4 is 46.4 Å². The minimum atomic E-state index is -0.245. The van der Waals surface area contributed by atoms with E-state index in [4.69, 9.17) is 23.2 Å². The first-order chi connectivity index (χ1) is 20.9. The largest absolute Gasteiger partial charge is 0.322 e. The fourth-order valence-electron chi connectivity index (χ4n) is 5.19. The molecule has 5 aromatic carbocycles. The van der Waals surface area contributed by atoms with E-state index < -0.39 is 0 Å². The molecule has 0 saturated heterocycles. The van der Waals surface area contributed by atoms with Gasteiger partial charge in [-0.15, -0.1) is 0 Å². The second-order valence-electron chi connectivity index (χ2n) is 11.9. The lowest BCUT2D eigenvalue weighted by Crippen LogP contribution is -2.21. The highest BCUT2D eigenvalue weighted by molar-refractivity contribution is 6.31. The van der Waals surface area contributed by atoms with Crippen LogP contribution >= 0.6 is 23.2 Å². The van der Waals surface area contributed by atoms with Crippen LogP contribution in [0.4, 0.5) is 11.4 Å². The van der Waals surface area contributed by atoms with Crippen LogP contribution in [0.25, 0.3) is 0 Å². The number of carbonyl (C=O) groups is 2. The summed E-state index contributed by atoms with van der Waals surface area (Å²) in [6.07, 6.45) is 0. The SMILES string of the molecule is CC(C)(c1ccc(NC(=O)c2ccc(Cl)cc2)cc1)c1ccc(C(C)(C)c2ccc(NC(=O)c3ccc(Cl)cc3)cc2)cc1. The lowest BCUT2D eigenvalue weighted by Gasteiger charge is -2.30. The molecule has 0 unspecified atom stereocenters. The molecule has 0 aliphatic rings. The van der Waals surface area contributed by atoms with Crippen LogP contribution in [-0.4, -0.2) is 11.8 Å². The highest BCUT2D eigenvalue weighted by Crippen LogP contribution is 2.36. The number of anilines is 2. The zero-order valence-electron chi connectivity index (χ0n) is 25.1. The number of carbonyl (C=O) groups excluding carboxylic acids is 2. The highest BCUT2D eigenvalue weighted by atomic mass is 35.5. The normalized spacial score (nSPS) is 11.6. The number of hydrogen-bond donors (Lipinski definition) is 2. The van der Waals surface area contributed by atoms with Gasteiger partial charge in [0.1, 0.15) is 0 Å². The number of benzene rings is 5. The van der Waals surface area contributed by atoms with Crippen molar-refractivity contribution < 1.29 is 9.59 Å². The maximum absolute atomic E-state index is 12.6. The van der Waals surface area contributed by atoms with E-state index in [1.54, 1.807) is 48.5 Å². The van der Waals surface area contributed by atoms with E-state index in [0.717, 1.165) is 22.5 Å². The Kier molecular flexibility index (Phi) is 8.96. The predicted molar refractivity (Wildman–Crippen MR) is 182 cm³/mol. The maximum Gasteiger partial charge on any atom is 0.255 e. The molecule has 4 nitrogen and oxygen atoms in total. The van der Waals surface area contributed by atoms with Gasteiger partial charge in [0.25, 0.3) is 11.8 Å². The van der Waals surface area contributed by atoms with Gasteiger partial charge in [-0.25, -0.2) is 0 Å². The molecule has 0 bridgehead atoms. The average Bonchev–Trinajstić information content (AvgIpc) is 3.02. The van der Waals surface area contributed by atoms with Crippen LogP contribution in [0.15, 0.2) is 121 Å². The van der Waals surface area contributed by atoms with Crippen LogP contribution in [0.2, 0.25) is 10.0 Å². The summed E-state index contributed by atoms with van der Waals surface area (Å²) < 4.78 is 0. The number of amides is 2. The Morgan fingerprint density at radius 1 is 0.432 bits per heavy atom. The van der Waals surface area contributed by atoms with Gasteiger partial charge in [0.2, 0.25) is 0 Å². The van der Waals surface area contributed by atoms with Crippen molar-refractivity contribution in [3.8, 4) is 0 Å². The van der Waals surface area contributed by atoms with E-state index in [2.05, 4.69) is 86.9 Å². The molecule has 2 amide bonds. The molecule has 0 atom stereocenters. The highest BCUT2D eigenvalue weighted by Gasteiger charge is 2.26. The Labute approximate surface area is 269 Å². The summed E-state index contributed by atoms with van der Waals surface area (Å²) in [5.74, 6) is -0.353. The topological polar surface area (TPSA) is 58.2 Å². The Balaban J connectivity index is 1.25. The van der Waals surface area contributed by atoms with Crippen LogP contribution in [0.5, 0.6) is 0 Å². The van der Waals surface area contributed by atoms with Crippen molar-refractivity contribution in [2.75, 3.05) is 10.6 Å². The predicted octanol–water partition coefficient (Wildman–Crippen LogP) is 10.1. The molecule has 0 spiro atoms. The summed E-state index contributed by atoms with van der Waals surface area (Å²) in [6.45, 7) is 8.80. The fourth-order valence-corrected chi connectivity index (χ4v) is 5.44. The molecule has 2 N–H and O–H groups in total. The van der Waals surface area contributed by atoms with Crippen molar-refractivity contribution in [1.82, 2.24) is 0 Å². The molecule has 0 aliphatic carbocycles. The van der Waals surface area contributed by atoms with Crippen LogP contribution in [0.1, 0.15) is 70.7 Å². The summed E-state index contributed by atoms with van der Waals surface area (Å²) in [5.41, 5.74) is 6.75. The van der Waals surface area contributed by atoms with Crippen LogP contribution in [0.3, 0.4) is 0 Å². The summed E-state index contributed by atoms with van der Waals surface area (Å²) in [5, 5.41) is 7.09. The Bertz CT molecular complexity index is 1620. The molecule has 6 heteroatoms. The molecule has 5 rings (SSSR count). The lowest BCUT2D eigenvalue weighted by atomic mass is 9.74. The van der Waals surface area contributed by atoms with Gasteiger partial charge < -0.3 is 10.6 Å². The zero-order chi connectivity index (χ0) is 31.5. The van der Waals surface area contributed by atoms with E-state index in [9.17, 15) is 9.59 Å².